The molecule has 2 aliphatic carbocycles. The number of halogens is 2. The number of amides is 1. The van der Waals surface area contributed by atoms with Gasteiger partial charge in [-0.1, -0.05) is 23.7 Å². The number of benzene rings is 2. The van der Waals surface area contributed by atoms with E-state index in [1.165, 1.54) is 0 Å². The maximum Gasteiger partial charge on any atom is 0.248 e. The third-order valence-corrected chi connectivity index (χ3v) is 7.82. The molecule has 1 heterocycles. The van der Waals surface area contributed by atoms with Crippen molar-refractivity contribution in [3.8, 4) is 0 Å². The molecule has 0 bridgehead atoms. The smallest absolute Gasteiger partial charge is 0.248 e. The third-order valence-electron chi connectivity index (χ3n) is 7.54. The maximum absolute atomic E-state index is 15.6. The van der Waals surface area contributed by atoms with Crippen LogP contribution < -0.4 is 21.3 Å². The summed E-state index contributed by atoms with van der Waals surface area (Å²) in [5.41, 5.74) is 11.1. The highest BCUT2D eigenvalue weighted by Gasteiger charge is 2.37. The molecule has 7 nitrogen and oxygen atoms in total. The number of anilines is 3. The highest BCUT2D eigenvalue weighted by molar-refractivity contribution is 6.30. The zero-order valence-electron chi connectivity index (χ0n) is 22.0. The standard InChI is InChI=1S/C30H32ClFN6O/c1-34-14-15-38(2)26-5-3-4-25(32)27(26)22-12-8-19-17-35-30(36-21-10-6-18(7-11-21)29(33)39)37-28(19)23-13-9-20(31)16-24(22)23/h3-7,9-11,13,17,22,24,34H,8,12,14-16H2,1-2H3,(H2,33,39)(H,35,36,37). The molecule has 0 radical (unpaired) electrons. The Bertz CT molecular complexity index is 1440. The van der Waals surface area contributed by atoms with E-state index in [1.807, 2.05) is 38.5 Å². The lowest BCUT2D eigenvalue weighted by Gasteiger charge is -2.33. The monoisotopic (exact) mass is 546 g/mol. The largest absolute Gasteiger partial charge is 0.373 e. The number of carbonyl (C=O) groups is 1. The van der Waals surface area contributed by atoms with E-state index in [2.05, 4.69) is 20.5 Å². The molecule has 0 spiro atoms. The van der Waals surface area contributed by atoms with Gasteiger partial charge in [0.25, 0.3) is 0 Å². The molecule has 0 fully saturated rings. The van der Waals surface area contributed by atoms with Crippen molar-refractivity contribution in [3.05, 3.63) is 94.0 Å². The number of primary amides is 1. The van der Waals surface area contributed by atoms with Crippen molar-refractivity contribution in [1.29, 1.82) is 0 Å². The first kappa shape index (κ1) is 26.8. The van der Waals surface area contributed by atoms with Crippen LogP contribution >= 0.6 is 11.6 Å². The first-order chi connectivity index (χ1) is 18.9. The number of likely N-dealkylation sites (N-methyl/N-ethyl adjacent to an activating group) is 2. The molecular weight excluding hydrogens is 515 g/mol. The lowest BCUT2D eigenvalue weighted by atomic mass is 9.75. The molecule has 2 aliphatic rings. The molecule has 3 aromatic rings. The number of rotatable bonds is 8. The maximum atomic E-state index is 15.6. The first-order valence-electron chi connectivity index (χ1n) is 13.1. The number of nitrogens with one attached hydrogen (secondary N) is 2. The Hall–Kier alpha value is -3.75. The van der Waals surface area contributed by atoms with Gasteiger partial charge in [0.15, 0.2) is 0 Å². The minimum absolute atomic E-state index is 0.0327. The highest BCUT2D eigenvalue weighted by atomic mass is 35.5. The number of allylic oxidation sites excluding steroid dienone is 4. The van der Waals surface area contributed by atoms with Gasteiger partial charge in [-0.05, 0) is 91.8 Å². The van der Waals surface area contributed by atoms with Crippen LogP contribution in [0, 0.1) is 11.7 Å². The third kappa shape index (κ3) is 5.67. The summed E-state index contributed by atoms with van der Waals surface area (Å²) < 4.78 is 15.6. The fourth-order valence-corrected chi connectivity index (χ4v) is 5.76. The minimum Gasteiger partial charge on any atom is -0.373 e. The summed E-state index contributed by atoms with van der Waals surface area (Å²) in [4.78, 5) is 23.0. The van der Waals surface area contributed by atoms with Gasteiger partial charge in [-0.15, -0.1) is 0 Å². The van der Waals surface area contributed by atoms with E-state index in [1.54, 1.807) is 36.4 Å². The van der Waals surface area contributed by atoms with Crippen molar-refractivity contribution >= 4 is 40.4 Å². The fraction of sp³-hybridized carbons (Fsp3) is 0.300. The summed E-state index contributed by atoms with van der Waals surface area (Å²) in [6, 6.07) is 12.2. The number of aromatic nitrogens is 2. The van der Waals surface area contributed by atoms with E-state index in [0.717, 1.165) is 58.3 Å². The van der Waals surface area contributed by atoms with E-state index in [-0.39, 0.29) is 17.7 Å². The average Bonchev–Trinajstić information content (AvgIpc) is 3.08. The van der Waals surface area contributed by atoms with Crippen LogP contribution in [-0.4, -0.2) is 43.1 Å². The molecule has 202 valence electrons. The quantitative estimate of drug-likeness (QED) is 0.351. The van der Waals surface area contributed by atoms with Crippen molar-refractivity contribution in [1.82, 2.24) is 15.3 Å². The molecule has 2 aromatic carbocycles. The summed E-state index contributed by atoms with van der Waals surface area (Å²) in [6.07, 6.45) is 7.87. The lowest BCUT2D eigenvalue weighted by Crippen LogP contribution is -2.29. The predicted molar refractivity (Wildman–Crippen MR) is 155 cm³/mol. The number of hydrogen-bond acceptors (Lipinski definition) is 6. The Morgan fingerprint density at radius 3 is 2.72 bits per heavy atom. The van der Waals surface area contributed by atoms with E-state index >= 15 is 4.39 Å². The van der Waals surface area contributed by atoms with Crippen LogP contribution in [-0.2, 0) is 6.42 Å². The van der Waals surface area contributed by atoms with Crippen LogP contribution in [0.4, 0.5) is 21.7 Å². The Kier molecular flexibility index (Phi) is 7.95. The van der Waals surface area contributed by atoms with E-state index in [0.29, 0.717) is 24.4 Å². The molecule has 5 rings (SSSR count). The molecule has 2 unspecified atom stereocenters. The molecular formula is C30H32ClFN6O. The Labute approximate surface area is 233 Å². The molecule has 1 amide bonds. The van der Waals surface area contributed by atoms with Gasteiger partial charge >= 0.3 is 0 Å². The van der Waals surface area contributed by atoms with Crippen LogP contribution in [0.2, 0.25) is 0 Å². The molecule has 0 saturated heterocycles. The number of hydrogen-bond donors (Lipinski definition) is 3. The summed E-state index contributed by atoms with van der Waals surface area (Å²) in [6.45, 7) is 1.55. The van der Waals surface area contributed by atoms with Gasteiger partial charge in [-0.25, -0.2) is 14.4 Å². The molecule has 2 atom stereocenters. The van der Waals surface area contributed by atoms with E-state index in [9.17, 15) is 4.79 Å². The normalized spacial score (nSPS) is 18.3. The molecule has 9 heteroatoms. The predicted octanol–water partition coefficient (Wildman–Crippen LogP) is 5.37. The number of carbonyl (C=O) groups excluding carboxylic acids is 1. The Morgan fingerprint density at radius 1 is 1.18 bits per heavy atom. The van der Waals surface area contributed by atoms with Gasteiger partial charge in [-0.2, -0.15) is 0 Å². The summed E-state index contributed by atoms with van der Waals surface area (Å²) in [5.74, 6) is -0.352. The van der Waals surface area contributed by atoms with Crippen LogP contribution in [0.15, 0.2) is 65.8 Å². The second kappa shape index (κ2) is 11.6. The van der Waals surface area contributed by atoms with Crippen LogP contribution in [0.5, 0.6) is 0 Å². The Morgan fingerprint density at radius 2 is 1.97 bits per heavy atom. The van der Waals surface area contributed by atoms with Crippen molar-refractivity contribution in [2.24, 2.45) is 11.7 Å². The molecule has 0 saturated carbocycles. The zero-order chi connectivity index (χ0) is 27.5. The van der Waals surface area contributed by atoms with Gasteiger partial charge in [0.2, 0.25) is 11.9 Å². The van der Waals surface area contributed by atoms with Crippen LogP contribution in [0.25, 0.3) is 5.57 Å². The van der Waals surface area contributed by atoms with Crippen molar-refractivity contribution < 1.29 is 9.18 Å². The van der Waals surface area contributed by atoms with Gasteiger partial charge in [0.05, 0.1) is 5.69 Å². The average molecular weight is 547 g/mol. The molecule has 39 heavy (non-hydrogen) atoms. The number of nitrogens with two attached hydrogens (primary N) is 1. The SMILES string of the molecule is CNCCN(C)c1cccc(F)c1C1CCc2cnc(Nc3ccc(C(N)=O)cc3)nc2C2=CC=C(Cl)CC21. The highest BCUT2D eigenvalue weighted by Crippen LogP contribution is 2.49. The van der Waals surface area contributed by atoms with Gasteiger partial charge in [-0.3, -0.25) is 4.79 Å². The van der Waals surface area contributed by atoms with Gasteiger partial charge < -0.3 is 21.3 Å². The van der Waals surface area contributed by atoms with Crippen molar-refractivity contribution in [2.45, 2.75) is 25.2 Å². The fourth-order valence-electron chi connectivity index (χ4n) is 5.54. The second-order valence-electron chi connectivity index (χ2n) is 10.0. The van der Waals surface area contributed by atoms with Crippen LogP contribution in [0.3, 0.4) is 0 Å². The first-order valence-corrected chi connectivity index (χ1v) is 13.5. The Balaban J connectivity index is 1.51. The summed E-state index contributed by atoms with van der Waals surface area (Å²) >= 11 is 6.58. The van der Waals surface area contributed by atoms with E-state index < -0.39 is 5.91 Å². The summed E-state index contributed by atoms with van der Waals surface area (Å²) in [5, 5.41) is 7.15. The molecule has 0 aliphatic heterocycles. The summed E-state index contributed by atoms with van der Waals surface area (Å²) in [7, 11) is 3.92. The van der Waals surface area contributed by atoms with Crippen molar-refractivity contribution in [2.75, 3.05) is 37.4 Å². The molecule has 1 aromatic heterocycles. The van der Waals surface area contributed by atoms with Crippen LogP contribution in [0.1, 0.15) is 45.9 Å². The van der Waals surface area contributed by atoms with Gasteiger partial charge in [0.1, 0.15) is 5.82 Å². The molecule has 4 N–H and O–H groups in total. The minimum atomic E-state index is -0.481. The van der Waals surface area contributed by atoms with Gasteiger partial charge in [0, 0.05) is 53.9 Å². The zero-order valence-corrected chi connectivity index (χ0v) is 22.8. The number of aryl methyl sites for hydroxylation is 1. The van der Waals surface area contributed by atoms with Crippen molar-refractivity contribution in [3.63, 3.8) is 0 Å². The number of nitrogens with zero attached hydrogens (tertiary/aromatic N) is 3. The van der Waals surface area contributed by atoms with E-state index in [4.69, 9.17) is 22.3 Å². The topological polar surface area (TPSA) is 96.2 Å². The number of fused-ring (bicyclic) bond motifs is 3. The lowest BCUT2D eigenvalue weighted by molar-refractivity contribution is 0.100. The second-order valence-corrected chi connectivity index (χ2v) is 10.5.